The molecule has 27 heavy (non-hydrogen) atoms. The van der Waals surface area contributed by atoms with Gasteiger partial charge in [-0.15, -0.1) is 0 Å². The van der Waals surface area contributed by atoms with E-state index in [0.717, 1.165) is 12.3 Å². The summed E-state index contributed by atoms with van der Waals surface area (Å²) in [5.41, 5.74) is 0.599. The molecular formula is C19H18ClF2NO3S. The van der Waals surface area contributed by atoms with Crippen LogP contribution in [0.5, 0.6) is 0 Å². The Labute approximate surface area is 161 Å². The SMILES string of the molecule is CC=C(C(=CCC(C)=O)c1nc2cc(F)cc(F)c2c(Cl)c1C)S(C)(=O)=O. The van der Waals surface area contributed by atoms with Crippen molar-refractivity contribution in [2.45, 2.75) is 27.2 Å². The summed E-state index contributed by atoms with van der Waals surface area (Å²) in [6.07, 6.45) is 3.82. The van der Waals surface area contributed by atoms with Crippen molar-refractivity contribution < 1.29 is 22.0 Å². The van der Waals surface area contributed by atoms with E-state index in [1.165, 1.54) is 26.0 Å². The molecule has 0 unspecified atom stereocenters. The Hall–Kier alpha value is -2.12. The minimum atomic E-state index is -3.66. The Bertz CT molecular complexity index is 1110. The molecule has 0 amide bonds. The molecule has 0 saturated carbocycles. The molecule has 0 aliphatic heterocycles. The maximum atomic E-state index is 14.2. The predicted octanol–water partition coefficient (Wildman–Crippen LogP) is 4.79. The molecule has 4 nitrogen and oxygen atoms in total. The number of halogens is 3. The maximum absolute atomic E-state index is 14.2. The van der Waals surface area contributed by atoms with Crippen molar-refractivity contribution in [3.8, 4) is 0 Å². The minimum absolute atomic E-state index is 0.00480. The van der Waals surface area contributed by atoms with Crippen molar-refractivity contribution in [1.82, 2.24) is 4.98 Å². The Morgan fingerprint density at radius 2 is 1.93 bits per heavy atom. The fourth-order valence-electron chi connectivity index (χ4n) is 2.75. The first-order chi connectivity index (χ1) is 12.5. The second kappa shape index (κ2) is 7.86. The van der Waals surface area contributed by atoms with Gasteiger partial charge in [0.15, 0.2) is 9.84 Å². The number of fused-ring (bicyclic) bond motifs is 1. The third-order valence-corrected chi connectivity index (χ3v) is 5.67. The van der Waals surface area contributed by atoms with Gasteiger partial charge in [0.2, 0.25) is 0 Å². The molecule has 0 bridgehead atoms. The number of nitrogens with zero attached hydrogens (tertiary/aromatic N) is 1. The van der Waals surface area contributed by atoms with Crippen molar-refractivity contribution in [2.24, 2.45) is 0 Å². The number of rotatable bonds is 5. The van der Waals surface area contributed by atoms with E-state index in [2.05, 4.69) is 4.98 Å². The molecule has 0 radical (unpaired) electrons. The lowest BCUT2D eigenvalue weighted by atomic mass is 10.0. The van der Waals surface area contributed by atoms with E-state index >= 15 is 0 Å². The number of allylic oxidation sites excluding steroid dienone is 3. The van der Waals surface area contributed by atoms with Crippen LogP contribution in [0.4, 0.5) is 8.78 Å². The molecular weight excluding hydrogens is 396 g/mol. The number of pyridine rings is 1. The Morgan fingerprint density at radius 1 is 1.30 bits per heavy atom. The number of hydrogen-bond donors (Lipinski definition) is 0. The fourth-order valence-corrected chi connectivity index (χ4v) is 4.04. The van der Waals surface area contributed by atoms with Gasteiger partial charge in [-0.25, -0.2) is 22.2 Å². The topological polar surface area (TPSA) is 64.1 Å². The molecule has 0 aliphatic rings. The van der Waals surface area contributed by atoms with Crippen LogP contribution in [-0.4, -0.2) is 25.4 Å². The van der Waals surface area contributed by atoms with Crippen molar-refractivity contribution in [2.75, 3.05) is 6.26 Å². The Morgan fingerprint density at radius 3 is 2.44 bits per heavy atom. The number of carbonyl (C=O) groups excluding carboxylic acids is 1. The van der Waals surface area contributed by atoms with E-state index in [0.29, 0.717) is 11.6 Å². The van der Waals surface area contributed by atoms with Crippen LogP contribution in [0.3, 0.4) is 0 Å². The van der Waals surface area contributed by atoms with Gasteiger partial charge in [-0.1, -0.05) is 23.8 Å². The largest absolute Gasteiger partial charge is 0.300 e. The average Bonchev–Trinajstić information content (AvgIpc) is 2.52. The highest BCUT2D eigenvalue weighted by atomic mass is 35.5. The quantitative estimate of drug-likeness (QED) is 0.661. The molecule has 1 heterocycles. The zero-order valence-electron chi connectivity index (χ0n) is 15.2. The lowest BCUT2D eigenvalue weighted by Crippen LogP contribution is -2.08. The first-order valence-electron chi connectivity index (χ1n) is 7.99. The van der Waals surface area contributed by atoms with Crippen LogP contribution in [0.25, 0.3) is 16.5 Å². The lowest BCUT2D eigenvalue weighted by Gasteiger charge is -2.16. The highest BCUT2D eigenvalue weighted by Crippen LogP contribution is 2.36. The third kappa shape index (κ3) is 4.42. The number of aromatic nitrogens is 1. The number of carbonyl (C=O) groups is 1. The van der Waals surface area contributed by atoms with E-state index in [1.54, 1.807) is 6.92 Å². The number of sulfone groups is 1. The maximum Gasteiger partial charge on any atom is 0.175 e. The first kappa shape index (κ1) is 21.2. The second-order valence-electron chi connectivity index (χ2n) is 6.13. The van der Waals surface area contributed by atoms with Gasteiger partial charge < -0.3 is 0 Å². The first-order valence-corrected chi connectivity index (χ1v) is 10.3. The summed E-state index contributed by atoms with van der Waals surface area (Å²) in [7, 11) is -3.66. The fraction of sp³-hybridized carbons (Fsp3) is 0.263. The van der Waals surface area contributed by atoms with E-state index < -0.39 is 21.5 Å². The zero-order valence-corrected chi connectivity index (χ0v) is 16.8. The molecule has 0 atom stereocenters. The molecule has 0 spiro atoms. The zero-order chi connectivity index (χ0) is 20.5. The van der Waals surface area contributed by atoms with Crippen LogP contribution >= 0.6 is 11.6 Å². The van der Waals surface area contributed by atoms with Crippen molar-refractivity contribution in [3.05, 3.63) is 57.1 Å². The van der Waals surface area contributed by atoms with Gasteiger partial charge in [-0.3, -0.25) is 4.79 Å². The highest BCUT2D eigenvalue weighted by Gasteiger charge is 2.23. The normalized spacial score (nSPS) is 13.3. The van der Waals surface area contributed by atoms with Crippen molar-refractivity contribution >= 4 is 43.7 Å². The van der Waals surface area contributed by atoms with E-state index in [1.807, 2.05) is 0 Å². The minimum Gasteiger partial charge on any atom is -0.300 e. The molecule has 144 valence electrons. The summed E-state index contributed by atoms with van der Waals surface area (Å²) in [4.78, 5) is 15.7. The van der Waals surface area contributed by atoms with Crippen LogP contribution in [0.2, 0.25) is 5.02 Å². The van der Waals surface area contributed by atoms with E-state index in [-0.39, 0.29) is 44.3 Å². The van der Waals surface area contributed by atoms with Gasteiger partial charge >= 0.3 is 0 Å². The summed E-state index contributed by atoms with van der Waals surface area (Å²) in [6, 6.07) is 1.72. The summed E-state index contributed by atoms with van der Waals surface area (Å²) in [5.74, 6) is -1.87. The lowest BCUT2D eigenvalue weighted by molar-refractivity contribution is -0.116. The molecule has 0 fully saturated rings. The summed E-state index contributed by atoms with van der Waals surface area (Å²) >= 11 is 6.29. The van der Waals surface area contributed by atoms with Crippen LogP contribution < -0.4 is 0 Å². The monoisotopic (exact) mass is 413 g/mol. The van der Waals surface area contributed by atoms with E-state index in [9.17, 15) is 22.0 Å². The number of ketones is 1. The molecule has 8 heteroatoms. The summed E-state index contributed by atoms with van der Waals surface area (Å²) in [6.45, 7) is 4.46. The van der Waals surface area contributed by atoms with Crippen molar-refractivity contribution in [1.29, 1.82) is 0 Å². The van der Waals surface area contributed by atoms with Gasteiger partial charge in [0.05, 0.1) is 26.5 Å². The Kier molecular flexibility index (Phi) is 6.17. The standard InChI is InChI=1S/C19H18ClF2NO3S/c1-5-16(27(4,25)26)13(7-6-10(2)24)19-11(3)18(20)17-14(22)8-12(21)9-15(17)23-19/h5,7-9H,6H2,1-4H3. The number of Topliss-reactive ketones (excluding diaryl/α,β-unsaturated/α-hetero) is 1. The molecule has 1 aromatic heterocycles. The average molecular weight is 414 g/mol. The number of benzene rings is 1. The van der Waals surface area contributed by atoms with Crippen LogP contribution in [0.15, 0.2) is 29.2 Å². The van der Waals surface area contributed by atoms with Crippen LogP contribution in [-0.2, 0) is 14.6 Å². The molecule has 1 aromatic carbocycles. The smallest absolute Gasteiger partial charge is 0.175 e. The molecule has 0 saturated heterocycles. The predicted molar refractivity (Wildman–Crippen MR) is 103 cm³/mol. The van der Waals surface area contributed by atoms with Gasteiger partial charge in [-0.05, 0) is 26.3 Å². The van der Waals surface area contributed by atoms with Crippen LogP contribution in [0, 0.1) is 18.6 Å². The van der Waals surface area contributed by atoms with Gasteiger partial charge in [0, 0.05) is 30.4 Å². The van der Waals surface area contributed by atoms with Gasteiger partial charge in [0.1, 0.15) is 17.4 Å². The number of hydrogen-bond acceptors (Lipinski definition) is 4. The highest BCUT2D eigenvalue weighted by molar-refractivity contribution is 7.95. The second-order valence-corrected chi connectivity index (χ2v) is 8.49. The Balaban J connectivity index is 2.91. The van der Waals surface area contributed by atoms with E-state index in [4.69, 9.17) is 11.6 Å². The summed E-state index contributed by atoms with van der Waals surface area (Å²) < 4.78 is 52.2. The van der Waals surface area contributed by atoms with Crippen LogP contribution in [0.1, 0.15) is 31.5 Å². The third-order valence-electron chi connectivity index (χ3n) is 3.95. The summed E-state index contributed by atoms with van der Waals surface area (Å²) in [5, 5.41) is -0.0446. The van der Waals surface area contributed by atoms with Crippen molar-refractivity contribution in [3.63, 3.8) is 0 Å². The molecule has 0 N–H and O–H groups in total. The van der Waals surface area contributed by atoms with Gasteiger partial charge in [0.25, 0.3) is 0 Å². The van der Waals surface area contributed by atoms with Gasteiger partial charge in [-0.2, -0.15) is 0 Å². The molecule has 2 rings (SSSR count). The molecule has 0 aliphatic carbocycles. The molecule has 2 aromatic rings.